The second kappa shape index (κ2) is 10.3. The van der Waals surface area contributed by atoms with Crippen LogP contribution in [-0.2, 0) is 0 Å². The molecule has 222 valence electrons. The number of nitrogens with zero attached hydrogens (tertiary/aromatic N) is 2. The van der Waals surface area contributed by atoms with E-state index in [4.69, 9.17) is 9.73 Å². The van der Waals surface area contributed by atoms with Gasteiger partial charge in [0.2, 0.25) is 0 Å². The van der Waals surface area contributed by atoms with E-state index in [2.05, 4.69) is 162 Å². The molecule has 1 aliphatic carbocycles. The summed E-state index contributed by atoms with van der Waals surface area (Å²) >= 11 is 0. The van der Waals surface area contributed by atoms with E-state index >= 15 is 0 Å². The zero-order chi connectivity index (χ0) is 30.9. The molecule has 3 aliphatic rings. The average Bonchev–Trinajstić information content (AvgIpc) is 3.55. The predicted octanol–water partition coefficient (Wildman–Crippen LogP) is 8.84. The number of benzene rings is 6. The Morgan fingerprint density at radius 3 is 2.15 bits per heavy atom. The molecule has 47 heavy (non-hydrogen) atoms. The summed E-state index contributed by atoms with van der Waals surface area (Å²) in [6.07, 6.45) is 10.1. The lowest BCUT2D eigenvalue weighted by atomic mass is 9.90. The number of allylic oxidation sites excluding steroid dienone is 3. The lowest BCUT2D eigenvalue weighted by Crippen LogP contribution is -2.36. The molecule has 1 aromatic heterocycles. The maximum Gasteiger partial charge on any atom is 0.138 e. The van der Waals surface area contributed by atoms with E-state index in [1.54, 1.807) is 0 Å². The Hall–Kier alpha value is -5.93. The predicted molar refractivity (Wildman–Crippen MR) is 195 cm³/mol. The van der Waals surface area contributed by atoms with Crippen molar-refractivity contribution in [1.82, 2.24) is 4.57 Å². The molecule has 0 saturated carbocycles. The second-order valence-electron chi connectivity index (χ2n) is 12.7. The summed E-state index contributed by atoms with van der Waals surface area (Å²) in [5.41, 5.74) is 6.94. The summed E-state index contributed by atoms with van der Waals surface area (Å²) in [6.45, 7) is 0. The van der Waals surface area contributed by atoms with E-state index in [1.807, 2.05) is 0 Å². The number of aromatic nitrogens is 1. The van der Waals surface area contributed by atoms with Gasteiger partial charge in [-0.3, -0.25) is 4.57 Å². The highest BCUT2D eigenvalue weighted by molar-refractivity contribution is 6.07. The maximum absolute atomic E-state index is 6.79. The van der Waals surface area contributed by atoms with Crippen molar-refractivity contribution in [2.24, 2.45) is 4.99 Å². The lowest BCUT2D eigenvalue weighted by molar-refractivity contribution is 0.290. The zero-order valence-corrected chi connectivity index (χ0v) is 25.7. The molecule has 0 N–H and O–H groups in total. The van der Waals surface area contributed by atoms with Gasteiger partial charge in [0.25, 0.3) is 0 Å². The van der Waals surface area contributed by atoms with Crippen molar-refractivity contribution >= 4 is 61.7 Å². The van der Waals surface area contributed by atoms with Gasteiger partial charge in [-0.05, 0) is 63.2 Å². The fourth-order valence-corrected chi connectivity index (χ4v) is 7.68. The molecule has 2 aliphatic heterocycles. The summed E-state index contributed by atoms with van der Waals surface area (Å²) < 4.78 is 9.19. The first-order valence-electron chi connectivity index (χ1n) is 16.3. The molecule has 6 aromatic carbocycles. The van der Waals surface area contributed by atoms with Crippen molar-refractivity contribution in [1.29, 1.82) is 0 Å². The molecule has 3 heteroatoms. The third-order valence-corrected chi connectivity index (χ3v) is 9.95. The largest absolute Gasteiger partial charge is 0.484 e. The molecule has 7 aromatic rings. The van der Waals surface area contributed by atoms with Crippen LogP contribution < -0.4 is 15.3 Å². The van der Waals surface area contributed by atoms with Gasteiger partial charge in [0.15, 0.2) is 0 Å². The van der Waals surface area contributed by atoms with Crippen LogP contribution in [0, 0.1) is 0 Å². The minimum atomic E-state index is -0.0694. The Balaban J connectivity index is 1.28. The molecule has 0 radical (unpaired) electrons. The van der Waals surface area contributed by atoms with Gasteiger partial charge in [-0.25, -0.2) is 4.99 Å². The van der Waals surface area contributed by atoms with Gasteiger partial charge < -0.3 is 4.74 Å². The van der Waals surface area contributed by atoms with Crippen LogP contribution in [0.5, 0.6) is 5.75 Å². The average molecular weight is 603 g/mol. The van der Waals surface area contributed by atoms with Crippen molar-refractivity contribution in [3.63, 3.8) is 0 Å². The van der Waals surface area contributed by atoms with E-state index in [0.717, 1.165) is 40.1 Å². The summed E-state index contributed by atoms with van der Waals surface area (Å²) in [7, 11) is 0. The van der Waals surface area contributed by atoms with Gasteiger partial charge in [-0.15, -0.1) is 0 Å². The van der Waals surface area contributed by atoms with Gasteiger partial charge in [0, 0.05) is 33.9 Å². The quantitative estimate of drug-likeness (QED) is 0.199. The van der Waals surface area contributed by atoms with Crippen molar-refractivity contribution in [3.8, 4) is 5.75 Å². The van der Waals surface area contributed by atoms with Crippen LogP contribution in [0.1, 0.15) is 29.0 Å². The highest BCUT2D eigenvalue weighted by atomic mass is 16.5. The van der Waals surface area contributed by atoms with Crippen LogP contribution in [0.15, 0.2) is 151 Å². The first kappa shape index (κ1) is 26.3. The fourth-order valence-electron chi connectivity index (χ4n) is 7.68. The Bertz CT molecular complexity index is 2620. The minimum Gasteiger partial charge on any atom is -0.484 e. The highest BCUT2D eigenvalue weighted by Crippen LogP contribution is 2.45. The SMILES string of the molecule is C1=C(c2ccccc2)C=C(n2c3c(c4cc5ccccc5cc42)=CC2Oc4c(ccc5ccccc45)C2C=3)N=C(c2ccccc2)C1. The minimum absolute atomic E-state index is 0.0694. The summed E-state index contributed by atoms with van der Waals surface area (Å²) in [6, 6.07) is 47.6. The topological polar surface area (TPSA) is 26.5 Å². The molecule has 0 amide bonds. The van der Waals surface area contributed by atoms with E-state index in [0.29, 0.717) is 0 Å². The third-order valence-electron chi connectivity index (χ3n) is 9.95. The van der Waals surface area contributed by atoms with E-state index in [-0.39, 0.29) is 12.0 Å². The molecule has 0 spiro atoms. The first-order chi connectivity index (χ1) is 23.3. The van der Waals surface area contributed by atoms with Gasteiger partial charge >= 0.3 is 0 Å². The van der Waals surface area contributed by atoms with Crippen molar-refractivity contribution in [2.45, 2.75) is 18.4 Å². The summed E-state index contributed by atoms with van der Waals surface area (Å²) in [5, 5.41) is 8.40. The lowest BCUT2D eigenvalue weighted by Gasteiger charge is -2.16. The van der Waals surface area contributed by atoms with Gasteiger partial charge in [-0.1, -0.05) is 127 Å². The van der Waals surface area contributed by atoms with Crippen LogP contribution in [0.3, 0.4) is 0 Å². The molecular weight excluding hydrogens is 572 g/mol. The standard InChI is InChI=1S/C44H30N2O/c1-3-11-28(12-4-1)33-20-22-39(30-14-5-2-6-15-30)45-43(25-33)46-40-24-32-17-8-7-16-31(32)23-36(40)37-27-42-38(26-41(37)46)35-21-19-29-13-9-10-18-34(29)44(35)47-42/h1-21,23-27,38,42H,22H2. The van der Waals surface area contributed by atoms with Crippen LogP contribution in [0.25, 0.3) is 56.0 Å². The molecule has 0 saturated heterocycles. The number of rotatable bonds is 3. The Kier molecular flexibility index (Phi) is 5.76. The van der Waals surface area contributed by atoms with E-state index < -0.39 is 0 Å². The molecular formula is C44H30N2O. The number of fused-ring (bicyclic) bond motifs is 9. The number of aliphatic imine (C=N–C) groups is 1. The van der Waals surface area contributed by atoms with Crippen LogP contribution >= 0.6 is 0 Å². The van der Waals surface area contributed by atoms with E-state index in [1.165, 1.54) is 48.8 Å². The number of hydrogen-bond donors (Lipinski definition) is 0. The van der Waals surface area contributed by atoms with Gasteiger partial charge in [-0.2, -0.15) is 0 Å². The highest BCUT2D eigenvalue weighted by Gasteiger charge is 2.35. The molecule has 0 fully saturated rings. The smallest absolute Gasteiger partial charge is 0.138 e. The van der Waals surface area contributed by atoms with Gasteiger partial charge in [0.1, 0.15) is 17.7 Å². The Morgan fingerprint density at radius 2 is 1.34 bits per heavy atom. The normalized spacial score (nSPS) is 18.2. The molecule has 2 unspecified atom stereocenters. The third kappa shape index (κ3) is 4.17. The molecule has 0 bridgehead atoms. The molecule has 3 nitrogen and oxygen atoms in total. The molecule has 3 heterocycles. The molecule has 2 atom stereocenters. The van der Waals surface area contributed by atoms with Crippen molar-refractivity contribution < 1.29 is 4.74 Å². The van der Waals surface area contributed by atoms with Crippen molar-refractivity contribution in [2.75, 3.05) is 0 Å². The second-order valence-corrected chi connectivity index (χ2v) is 12.7. The Morgan fingerprint density at radius 1 is 0.638 bits per heavy atom. The van der Waals surface area contributed by atoms with E-state index in [9.17, 15) is 0 Å². The number of hydrogen-bond acceptors (Lipinski definition) is 2. The van der Waals surface area contributed by atoms with Gasteiger partial charge in [0.05, 0.1) is 16.6 Å². The van der Waals surface area contributed by atoms with Crippen molar-refractivity contribution in [3.05, 3.63) is 173 Å². The fraction of sp³-hybridized carbons (Fsp3) is 0.0682. The zero-order valence-electron chi connectivity index (χ0n) is 25.7. The monoisotopic (exact) mass is 602 g/mol. The molecule has 10 rings (SSSR count). The maximum atomic E-state index is 6.79. The van der Waals surface area contributed by atoms with Crippen LogP contribution in [-0.4, -0.2) is 16.4 Å². The summed E-state index contributed by atoms with van der Waals surface area (Å²) in [4.78, 5) is 5.50. The van der Waals surface area contributed by atoms with Crippen LogP contribution in [0.2, 0.25) is 0 Å². The number of ether oxygens (including phenoxy) is 1. The van der Waals surface area contributed by atoms with Crippen LogP contribution in [0.4, 0.5) is 0 Å². The first-order valence-corrected chi connectivity index (χ1v) is 16.3. The Labute approximate surface area is 272 Å². The summed E-state index contributed by atoms with van der Waals surface area (Å²) in [5.74, 6) is 2.02.